The molecule has 1 aliphatic rings. The Balaban J connectivity index is 2.16. The van der Waals surface area contributed by atoms with E-state index in [9.17, 15) is 4.79 Å². The van der Waals surface area contributed by atoms with Gasteiger partial charge in [0.05, 0.1) is 18.7 Å². The molecule has 2 rings (SSSR count). The number of piperidine rings is 1. The Hall–Kier alpha value is -1.68. The second-order valence-electron chi connectivity index (χ2n) is 5.89. The maximum atomic E-state index is 12.5. The number of halogens is 1. The number of amides is 1. The first-order valence-electron chi connectivity index (χ1n) is 8.59. The highest BCUT2D eigenvalue weighted by molar-refractivity contribution is 6.32. The van der Waals surface area contributed by atoms with Gasteiger partial charge in [0, 0.05) is 18.7 Å². The minimum atomic E-state index is 0.0607. The monoisotopic (exact) mass is 351 g/mol. The summed E-state index contributed by atoms with van der Waals surface area (Å²) in [4.78, 5) is 14.5. The van der Waals surface area contributed by atoms with Crippen LogP contribution in [0.1, 0.15) is 45.1 Å². The van der Waals surface area contributed by atoms with Gasteiger partial charge < -0.3 is 14.4 Å². The smallest absolute Gasteiger partial charge is 0.246 e. The zero-order chi connectivity index (χ0) is 17.5. The summed E-state index contributed by atoms with van der Waals surface area (Å²) >= 11 is 6.27. The summed E-state index contributed by atoms with van der Waals surface area (Å²) in [6.07, 6.45) is 7.80. The van der Waals surface area contributed by atoms with Crippen molar-refractivity contribution in [1.82, 2.24) is 4.90 Å². The second kappa shape index (κ2) is 8.97. The van der Waals surface area contributed by atoms with Gasteiger partial charge in [0.2, 0.25) is 5.91 Å². The standard InChI is InChI=1S/C19H26ClNO3/c1-4-15-8-6-7-11-21(15)18(22)10-9-14-12-16(20)19(24-5-2)17(13-14)23-3/h9-10,12-13,15H,4-8,11H2,1-3H3. The van der Waals surface area contributed by atoms with Crippen LogP contribution in [0, 0.1) is 0 Å². The number of nitrogens with zero attached hydrogens (tertiary/aromatic N) is 1. The molecule has 1 atom stereocenters. The summed E-state index contributed by atoms with van der Waals surface area (Å²) in [5, 5.41) is 0.479. The molecule has 1 unspecified atom stereocenters. The van der Waals surface area contributed by atoms with Crippen LogP contribution in [0.2, 0.25) is 5.02 Å². The number of carbonyl (C=O) groups excluding carboxylic acids is 1. The van der Waals surface area contributed by atoms with Gasteiger partial charge in [-0.05, 0) is 56.4 Å². The van der Waals surface area contributed by atoms with Crippen molar-refractivity contribution in [2.45, 2.75) is 45.6 Å². The Morgan fingerprint density at radius 3 is 2.83 bits per heavy atom. The lowest BCUT2D eigenvalue weighted by Crippen LogP contribution is -2.42. The maximum Gasteiger partial charge on any atom is 0.246 e. The molecule has 1 fully saturated rings. The molecule has 1 saturated heterocycles. The lowest BCUT2D eigenvalue weighted by molar-refractivity contribution is -0.129. The van der Waals surface area contributed by atoms with Crippen LogP contribution in [0.3, 0.4) is 0 Å². The van der Waals surface area contributed by atoms with Gasteiger partial charge in [0.1, 0.15) is 0 Å². The zero-order valence-corrected chi connectivity index (χ0v) is 15.4. The van der Waals surface area contributed by atoms with Crippen molar-refractivity contribution >= 4 is 23.6 Å². The number of rotatable bonds is 6. The van der Waals surface area contributed by atoms with Gasteiger partial charge in [-0.2, -0.15) is 0 Å². The molecule has 0 aromatic heterocycles. The summed E-state index contributed by atoms with van der Waals surface area (Å²) in [7, 11) is 1.58. The van der Waals surface area contributed by atoms with Crippen LogP contribution >= 0.6 is 11.6 Å². The van der Waals surface area contributed by atoms with Crippen molar-refractivity contribution in [2.75, 3.05) is 20.3 Å². The van der Waals surface area contributed by atoms with E-state index in [-0.39, 0.29) is 5.91 Å². The zero-order valence-electron chi connectivity index (χ0n) is 14.7. The van der Waals surface area contributed by atoms with Gasteiger partial charge in [-0.1, -0.05) is 18.5 Å². The number of likely N-dealkylation sites (tertiary alicyclic amines) is 1. The fourth-order valence-corrected chi connectivity index (χ4v) is 3.37. The van der Waals surface area contributed by atoms with Crippen molar-refractivity contribution in [3.63, 3.8) is 0 Å². The van der Waals surface area contributed by atoms with Gasteiger partial charge in [-0.25, -0.2) is 0 Å². The number of hydrogen-bond acceptors (Lipinski definition) is 3. The summed E-state index contributed by atoms with van der Waals surface area (Å²) in [5.41, 5.74) is 0.818. The molecule has 0 N–H and O–H groups in total. The van der Waals surface area contributed by atoms with Gasteiger partial charge in [-0.3, -0.25) is 4.79 Å². The number of hydrogen-bond donors (Lipinski definition) is 0. The predicted octanol–water partition coefficient (Wildman–Crippen LogP) is 4.55. The van der Waals surface area contributed by atoms with Crippen LogP contribution in [-0.2, 0) is 4.79 Å². The topological polar surface area (TPSA) is 38.8 Å². The Bertz CT molecular complexity index is 601. The molecule has 24 heavy (non-hydrogen) atoms. The maximum absolute atomic E-state index is 12.5. The molecule has 1 aliphatic heterocycles. The molecule has 132 valence electrons. The molecule has 0 spiro atoms. The van der Waals surface area contributed by atoms with Crippen LogP contribution in [0.5, 0.6) is 11.5 Å². The Labute approximate surface area is 149 Å². The van der Waals surface area contributed by atoms with Crippen molar-refractivity contribution in [2.24, 2.45) is 0 Å². The molecule has 1 aromatic rings. The third-order valence-electron chi connectivity index (χ3n) is 4.34. The van der Waals surface area contributed by atoms with E-state index >= 15 is 0 Å². The SMILES string of the molecule is CCOc1c(Cl)cc(C=CC(=O)N2CCCCC2CC)cc1OC. The molecular formula is C19H26ClNO3. The van der Waals surface area contributed by atoms with E-state index in [1.165, 1.54) is 6.42 Å². The highest BCUT2D eigenvalue weighted by Gasteiger charge is 2.23. The van der Waals surface area contributed by atoms with Crippen LogP contribution in [0.15, 0.2) is 18.2 Å². The second-order valence-corrected chi connectivity index (χ2v) is 6.30. The molecular weight excluding hydrogens is 326 g/mol. The third-order valence-corrected chi connectivity index (χ3v) is 4.62. The number of carbonyl (C=O) groups is 1. The molecule has 5 heteroatoms. The van der Waals surface area contributed by atoms with Crippen molar-refractivity contribution in [3.05, 3.63) is 28.8 Å². The fourth-order valence-electron chi connectivity index (χ4n) is 3.10. The summed E-state index contributed by atoms with van der Waals surface area (Å²) < 4.78 is 10.8. The van der Waals surface area contributed by atoms with Gasteiger partial charge in [0.15, 0.2) is 11.5 Å². The first-order chi connectivity index (χ1) is 11.6. The normalized spacial score (nSPS) is 18.0. The van der Waals surface area contributed by atoms with Gasteiger partial charge in [0.25, 0.3) is 0 Å². The summed E-state index contributed by atoms with van der Waals surface area (Å²) in [5.74, 6) is 1.17. The molecule has 0 aliphatic carbocycles. The minimum Gasteiger partial charge on any atom is -0.493 e. The fraction of sp³-hybridized carbons (Fsp3) is 0.526. The highest BCUT2D eigenvalue weighted by Crippen LogP contribution is 2.36. The Kier molecular flexibility index (Phi) is 6.98. The van der Waals surface area contributed by atoms with Crippen LogP contribution < -0.4 is 9.47 Å². The Morgan fingerprint density at radius 2 is 2.17 bits per heavy atom. The lowest BCUT2D eigenvalue weighted by Gasteiger charge is -2.34. The molecule has 0 saturated carbocycles. The largest absolute Gasteiger partial charge is 0.493 e. The average molecular weight is 352 g/mol. The molecule has 4 nitrogen and oxygen atoms in total. The summed E-state index contributed by atoms with van der Waals surface area (Å²) in [6, 6.07) is 3.97. The number of benzene rings is 1. The van der Waals surface area contributed by atoms with Crippen molar-refractivity contribution in [1.29, 1.82) is 0 Å². The van der Waals surface area contributed by atoms with E-state index in [0.29, 0.717) is 29.2 Å². The van der Waals surface area contributed by atoms with Crippen LogP contribution in [0.4, 0.5) is 0 Å². The molecule has 0 bridgehead atoms. The predicted molar refractivity (Wildman–Crippen MR) is 97.9 cm³/mol. The minimum absolute atomic E-state index is 0.0607. The van der Waals surface area contributed by atoms with Crippen LogP contribution in [-0.4, -0.2) is 37.1 Å². The number of ether oxygens (including phenoxy) is 2. The van der Waals surface area contributed by atoms with E-state index in [2.05, 4.69) is 6.92 Å². The third kappa shape index (κ3) is 4.44. The highest BCUT2D eigenvalue weighted by atomic mass is 35.5. The Morgan fingerprint density at radius 1 is 1.38 bits per heavy atom. The van der Waals surface area contributed by atoms with E-state index < -0.39 is 0 Å². The van der Waals surface area contributed by atoms with E-state index in [4.69, 9.17) is 21.1 Å². The molecule has 1 aromatic carbocycles. The molecule has 1 amide bonds. The van der Waals surface area contributed by atoms with Gasteiger partial charge >= 0.3 is 0 Å². The van der Waals surface area contributed by atoms with E-state index in [0.717, 1.165) is 31.4 Å². The van der Waals surface area contributed by atoms with Crippen molar-refractivity contribution in [3.8, 4) is 11.5 Å². The lowest BCUT2D eigenvalue weighted by atomic mass is 10.00. The molecule has 1 heterocycles. The number of methoxy groups -OCH3 is 1. The van der Waals surface area contributed by atoms with E-state index in [1.54, 1.807) is 25.3 Å². The van der Waals surface area contributed by atoms with E-state index in [1.807, 2.05) is 17.9 Å². The average Bonchev–Trinajstić information content (AvgIpc) is 2.61. The first-order valence-corrected chi connectivity index (χ1v) is 8.97. The first kappa shape index (κ1) is 18.7. The van der Waals surface area contributed by atoms with Crippen LogP contribution in [0.25, 0.3) is 6.08 Å². The summed E-state index contributed by atoms with van der Waals surface area (Å²) in [6.45, 7) is 5.38. The van der Waals surface area contributed by atoms with Gasteiger partial charge in [-0.15, -0.1) is 0 Å². The molecule has 0 radical (unpaired) electrons. The quantitative estimate of drug-likeness (QED) is 0.705. The van der Waals surface area contributed by atoms with Crippen molar-refractivity contribution < 1.29 is 14.3 Å².